The molecule has 3 aromatic rings. The van der Waals surface area contributed by atoms with Crippen molar-refractivity contribution < 1.29 is 18.3 Å². The third-order valence-corrected chi connectivity index (χ3v) is 5.69. The van der Waals surface area contributed by atoms with Crippen LogP contribution in [0, 0.1) is 17.0 Å². The van der Waals surface area contributed by atoms with Crippen LogP contribution in [-0.2, 0) is 11.2 Å². The van der Waals surface area contributed by atoms with E-state index in [1.165, 1.54) is 24.9 Å². The Morgan fingerprint density at radius 3 is 2.50 bits per heavy atom. The predicted octanol–water partition coefficient (Wildman–Crippen LogP) is 5.61. The molecule has 0 radical (unpaired) electrons. The van der Waals surface area contributed by atoms with Gasteiger partial charge in [0.15, 0.2) is 5.82 Å². The van der Waals surface area contributed by atoms with Crippen LogP contribution in [0.3, 0.4) is 0 Å². The molecule has 4 N–H and O–H groups in total. The Labute approximate surface area is 189 Å². The number of methoxy groups -OCH3 is 1. The number of aromatic nitrogens is 1. The molecular weight excluding hydrogens is 434 g/mol. The number of aryl methyl sites for hydroxylation is 1. The molecule has 0 aliphatic rings. The van der Waals surface area contributed by atoms with Gasteiger partial charge in [-0.15, -0.1) is 0 Å². The lowest BCUT2D eigenvalue weighted by Gasteiger charge is -2.12. The molecule has 6 nitrogen and oxygen atoms in total. The quantitative estimate of drug-likeness (QED) is 0.145. The number of benzene rings is 2. The van der Waals surface area contributed by atoms with E-state index < -0.39 is 23.0 Å². The largest absolute Gasteiger partial charge is 0.481 e. The first-order valence-electron chi connectivity index (χ1n) is 9.97. The molecule has 0 saturated heterocycles. The standard InChI is InChI=1S/C23H24F2N4O2S/c1-4-5-13-6-8-14(9-7-13)32-29-17-11-10-16(24)19(20(17)25)21(30)15-12-28-23(27-2)18(15)22(26)31-3/h6-12,26-29H,4-5H2,1-3H3. The van der Waals surface area contributed by atoms with E-state index in [1.807, 2.05) is 24.3 Å². The van der Waals surface area contributed by atoms with Gasteiger partial charge in [-0.05, 0) is 48.2 Å². The van der Waals surface area contributed by atoms with Gasteiger partial charge in [0.1, 0.15) is 11.6 Å². The van der Waals surface area contributed by atoms with Gasteiger partial charge < -0.3 is 19.8 Å². The topological polar surface area (TPSA) is 90.0 Å². The van der Waals surface area contributed by atoms with Gasteiger partial charge in [-0.3, -0.25) is 10.2 Å². The van der Waals surface area contributed by atoms with Crippen LogP contribution in [0.1, 0.15) is 40.4 Å². The fourth-order valence-corrected chi connectivity index (χ4v) is 3.90. The summed E-state index contributed by atoms with van der Waals surface area (Å²) in [5.74, 6) is -2.87. The summed E-state index contributed by atoms with van der Waals surface area (Å²) in [5, 5.41) is 10.7. The summed E-state index contributed by atoms with van der Waals surface area (Å²) in [6, 6.07) is 10.1. The van der Waals surface area contributed by atoms with E-state index >= 15 is 4.39 Å². The fourth-order valence-electron chi connectivity index (χ4n) is 3.24. The number of hydrogen-bond acceptors (Lipinski definition) is 6. The van der Waals surface area contributed by atoms with Crippen LogP contribution in [0.2, 0.25) is 0 Å². The molecule has 3 rings (SSSR count). The number of carbonyl (C=O) groups excluding carboxylic acids is 1. The van der Waals surface area contributed by atoms with Gasteiger partial charge in [-0.1, -0.05) is 25.5 Å². The minimum atomic E-state index is -1.01. The van der Waals surface area contributed by atoms with Crippen LogP contribution in [0.15, 0.2) is 47.5 Å². The Bertz CT molecular complexity index is 1130. The fraction of sp³-hybridized carbons (Fsp3) is 0.217. The molecule has 0 aliphatic heterocycles. The number of halogens is 2. The number of hydrogen-bond donors (Lipinski definition) is 4. The first-order valence-corrected chi connectivity index (χ1v) is 10.8. The zero-order chi connectivity index (χ0) is 23.3. The molecule has 0 unspecified atom stereocenters. The number of aromatic amines is 1. The summed E-state index contributed by atoms with van der Waals surface area (Å²) in [6.07, 6.45) is 3.32. The van der Waals surface area contributed by atoms with Crippen LogP contribution in [-0.4, -0.2) is 30.8 Å². The second-order valence-corrected chi connectivity index (χ2v) is 7.83. The van der Waals surface area contributed by atoms with Gasteiger partial charge in [0.25, 0.3) is 0 Å². The van der Waals surface area contributed by atoms with E-state index in [9.17, 15) is 9.18 Å². The molecule has 0 amide bonds. The van der Waals surface area contributed by atoms with Crippen LogP contribution < -0.4 is 10.0 Å². The minimum Gasteiger partial charge on any atom is -0.481 e. The molecule has 2 aromatic carbocycles. The first kappa shape index (κ1) is 23.3. The first-order chi connectivity index (χ1) is 15.4. The van der Waals surface area contributed by atoms with Crippen LogP contribution in [0.5, 0.6) is 0 Å². The Hall–Kier alpha value is -3.33. The molecule has 0 aliphatic carbocycles. The molecule has 32 heavy (non-hydrogen) atoms. The number of anilines is 2. The smallest absolute Gasteiger partial charge is 0.217 e. The molecule has 168 valence electrons. The van der Waals surface area contributed by atoms with E-state index in [1.54, 1.807) is 7.05 Å². The van der Waals surface area contributed by atoms with Crippen molar-refractivity contribution in [1.82, 2.24) is 4.98 Å². The zero-order valence-electron chi connectivity index (χ0n) is 17.9. The van der Waals surface area contributed by atoms with Gasteiger partial charge >= 0.3 is 0 Å². The number of carbonyl (C=O) groups is 1. The average Bonchev–Trinajstić information content (AvgIpc) is 3.23. The zero-order valence-corrected chi connectivity index (χ0v) is 18.8. The van der Waals surface area contributed by atoms with Gasteiger partial charge in [-0.2, -0.15) is 0 Å². The maximum atomic E-state index is 15.2. The SMILES string of the molecule is CCCc1ccc(SNc2ccc(F)c(C(=O)c3c[nH]c(NC)c3C(=N)OC)c2F)cc1. The van der Waals surface area contributed by atoms with E-state index in [-0.39, 0.29) is 22.7 Å². The van der Waals surface area contributed by atoms with Crippen molar-refractivity contribution in [1.29, 1.82) is 5.41 Å². The monoisotopic (exact) mass is 458 g/mol. The Morgan fingerprint density at radius 1 is 1.16 bits per heavy atom. The molecule has 1 heterocycles. The van der Waals surface area contributed by atoms with Crippen LogP contribution >= 0.6 is 11.9 Å². The summed E-state index contributed by atoms with van der Waals surface area (Å²) in [4.78, 5) is 16.7. The Balaban J connectivity index is 1.89. The van der Waals surface area contributed by atoms with Gasteiger partial charge in [0.05, 0.1) is 29.5 Å². The number of ketones is 1. The highest BCUT2D eigenvalue weighted by atomic mass is 32.2. The Morgan fingerprint density at radius 2 is 1.88 bits per heavy atom. The van der Waals surface area contributed by atoms with Crippen molar-refractivity contribution in [3.63, 3.8) is 0 Å². The molecule has 1 aromatic heterocycles. The van der Waals surface area contributed by atoms with E-state index in [0.29, 0.717) is 5.82 Å². The lowest BCUT2D eigenvalue weighted by molar-refractivity contribution is 0.103. The van der Waals surface area contributed by atoms with E-state index in [4.69, 9.17) is 10.1 Å². The maximum Gasteiger partial charge on any atom is 0.217 e. The molecule has 0 saturated carbocycles. The molecule has 0 spiro atoms. The van der Waals surface area contributed by atoms with Crippen LogP contribution in [0.4, 0.5) is 20.3 Å². The lowest BCUT2D eigenvalue weighted by Crippen LogP contribution is -2.14. The van der Waals surface area contributed by atoms with E-state index in [0.717, 1.165) is 35.8 Å². The second-order valence-electron chi connectivity index (χ2n) is 6.95. The van der Waals surface area contributed by atoms with Crippen molar-refractivity contribution >= 4 is 35.1 Å². The third kappa shape index (κ3) is 4.77. The minimum absolute atomic E-state index is 0.0230. The summed E-state index contributed by atoms with van der Waals surface area (Å²) >= 11 is 1.16. The van der Waals surface area contributed by atoms with Crippen molar-refractivity contribution in [2.75, 3.05) is 24.2 Å². The molecule has 0 atom stereocenters. The lowest BCUT2D eigenvalue weighted by atomic mass is 10.00. The highest BCUT2D eigenvalue weighted by molar-refractivity contribution is 8.00. The highest BCUT2D eigenvalue weighted by Crippen LogP contribution is 2.30. The molecule has 9 heteroatoms. The van der Waals surface area contributed by atoms with Crippen molar-refractivity contribution in [3.05, 3.63) is 76.5 Å². The number of H-pyrrole nitrogens is 1. The predicted molar refractivity (Wildman–Crippen MR) is 124 cm³/mol. The summed E-state index contributed by atoms with van der Waals surface area (Å²) in [5.41, 5.74) is 0.502. The molecular formula is C23H24F2N4O2S. The number of nitrogens with one attached hydrogen (secondary N) is 4. The van der Waals surface area contributed by atoms with Gasteiger partial charge in [-0.25, -0.2) is 8.78 Å². The van der Waals surface area contributed by atoms with Gasteiger partial charge in [0, 0.05) is 18.1 Å². The van der Waals surface area contributed by atoms with Gasteiger partial charge in [0.2, 0.25) is 11.7 Å². The molecule has 0 fully saturated rings. The number of rotatable bonds is 9. The van der Waals surface area contributed by atoms with E-state index in [2.05, 4.69) is 21.9 Å². The average molecular weight is 459 g/mol. The third-order valence-electron chi connectivity index (χ3n) is 4.87. The maximum absolute atomic E-state index is 15.2. The number of ether oxygens (including phenoxy) is 1. The molecule has 0 bridgehead atoms. The van der Waals surface area contributed by atoms with Crippen molar-refractivity contribution in [3.8, 4) is 0 Å². The Kier molecular flexibility index (Phi) is 7.53. The van der Waals surface area contributed by atoms with Crippen molar-refractivity contribution in [2.45, 2.75) is 24.7 Å². The second kappa shape index (κ2) is 10.3. The summed E-state index contributed by atoms with van der Waals surface area (Å²) < 4.78 is 37.5. The van der Waals surface area contributed by atoms with Crippen molar-refractivity contribution in [2.24, 2.45) is 0 Å². The van der Waals surface area contributed by atoms with Crippen LogP contribution in [0.25, 0.3) is 0 Å². The highest BCUT2D eigenvalue weighted by Gasteiger charge is 2.28. The summed E-state index contributed by atoms with van der Waals surface area (Å²) in [7, 11) is 2.87. The summed E-state index contributed by atoms with van der Waals surface area (Å²) in [6.45, 7) is 2.11. The normalized spacial score (nSPS) is 10.7.